The zero-order valence-corrected chi connectivity index (χ0v) is 9.44. The molecular weight excluding hydrogens is 200 g/mol. The number of hydrogen-bond donors (Lipinski definition) is 1. The molecule has 1 fully saturated rings. The van der Waals surface area contributed by atoms with Gasteiger partial charge in [-0.3, -0.25) is 0 Å². The van der Waals surface area contributed by atoms with Gasteiger partial charge < -0.3 is 10.1 Å². The summed E-state index contributed by atoms with van der Waals surface area (Å²) in [5.74, 6) is 1.60. The van der Waals surface area contributed by atoms with Crippen LogP contribution in [0, 0.1) is 17.2 Å². The van der Waals surface area contributed by atoms with Gasteiger partial charge in [0.25, 0.3) is 0 Å². The number of nitrogens with one attached hydrogen (secondary N) is 1. The molecule has 1 aliphatic rings. The molecule has 0 unspecified atom stereocenters. The maximum absolute atomic E-state index is 8.38. The molecule has 1 aromatic rings. The van der Waals surface area contributed by atoms with Gasteiger partial charge in [0.15, 0.2) is 6.61 Å². The number of anilines is 1. The minimum atomic E-state index is 0.104. The molecule has 0 aromatic heterocycles. The fraction of sp³-hybridized carbons (Fsp3) is 0.462. The Morgan fingerprint density at radius 2 is 2.06 bits per heavy atom. The summed E-state index contributed by atoms with van der Waals surface area (Å²) in [6.45, 7) is 2.38. The van der Waals surface area contributed by atoms with E-state index in [0.717, 1.165) is 17.4 Å². The van der Waals surface area contributed by atoms with E-state index in [1.54, 1.807) is 0 Å². The van der Waals surface area contributed by atoms with E-state index in [2.05, 4.69) is 12.2 Å². The molecule has 0 atom stereocenters. The molecule has 1 aliphatic carbocycles. The molecule has 0 spiro atoms. The first-order valence-corrected chi connectivity index (χ1v) is 5.64. The molecule has 0 aliphatic heterocycles. The molecule has 16 heavy (non-hydrogen) atoms. The van der Waals surface area contributed by atoms with Gasteiger partial charge in [-0.25, -0.2) is 0 Å². The minimum absolute atomic E-state index is 0.104. The second-order valence-electron chi connectivity index (χ2n) is 4.39. The summed E-state index contributed by atoms with van der Waals surface area (Å²) in [7, 11) is 0. The number of nitriles is 1. The molecule has 3 nitrogen and oxygen atoms in total. The number of benzene rings is 1. The largest absolute Gasteiger partial charge is 0.479 e. The Balaban J connectivity index is 1.85. The highest BCUT2D eigenvalue weighted by molar-refractivity contribution is 5.47. The lowest BCUT2D eigenvalue weighted by Gasteiger charge is -2.34. The number of ether oxygens (including phenoxy) is 1. The molecule has 1 saturated carbocycles. The van der Waals surface area contributed by atoms with E-state index in [4.69, 9.17) is 10.00 Å². The van der Waals surface area contributed by atoms with Crippen molar-refractivity contribution in [3.05, 3.63) is 24.3 Å². The fourth-order valence-corrected chi connectivity index (χ4v) is 2.02. The zero-order valence-electron chi connectivity index (χ0n) is 9.44. The van der Waals surface area contributed by atoms with E-state index in [-0.39, 0.29) is 6.61 Å². The van der Waals surface area contributed by atoms with Gasteiger partial charge in [-0.2, -0.15) is 5.26 Å². The molecular formula is C13H16N2O. The topological polar surface area (TPSA) is 45.0 Å². The lowest BCUT2D eigenvalue weighted by atomic mass is 9.82. The normalized spacial score (nSPS) is 23.0. The van der Waals surface area contributed by atoms with Gasteiger partial charge in [-0.05, 0) is 43.0 Å². The quantitative estimate of drug-likeness (QED) is 0.841. The lowest BCUT2D eigenvalue weighted by Crippen LogP contribution is -2.33. The van der Waals surface area contributed by atoms with Crippen molar-refractivity contribution in [2.75, 3.05) is 11.9 Å². The fourth-order valence-electron chi connectivity index (χ4n) is 2.02. The summed E-state index contributed by atoms with van der Waals surface area (Å²) in [6.07, 6.45) is 2.51. The van der Waals surface area contributed by atoms with Crippen molar-refractivity contribution < 1.29 is 4.74 Å². The Bertz CT molecular complexity index is 374. The van der Waals surface area contributed by atoms with Crippen LogP contribution in [0.3, 0.4) is 0 Å². The number of rotatable bonds is 4. The predicted molar refractivity (Wildman–Crippen MR) is 63.4 cm³/mol. The van der Waals surface area contributed by atoms with Gasteiger partial charge in [0.2, 0.25) is 0 Å². The van der Waals surface area contributed by atoms with Crippen LogP contribution >= 0.6 is 0 Å². The van der Waals surface area contributed by atoms with Crippen LogP contribution in [0.25, 0.3) is 0 Å². The van der Waals surface area contributed by atoms with Crippen molar-refractivity contribution in [3.63, 3.8) is 0 Å². The van der Waals surface area contributed by atoms with Crippen molar-refractivity contribution in [2.24, 2.45) is 5.92 Å². The van der Waals surface area contributed by atoms with E-state index in [0.29, 0.717) is 6.04 Å². The maximum Gasteiger partial charge on any atom is 0.174 e. The SMILES string of the molecule is CC1CC(Nc2ccc(OCC#N)cc2)C1. The Labute approximate surface area is 96.0 Å². The lowest BCUT2D eigenvalue weighted by molar-refractivity contribution is 0.309. The van der Waals surface area contributed by atoms with E-state index in [1.807, 2.05) is 30.3 Å². The molecule has 0 bridgehead atoms. The van der Waals surface area contributed by atoms with Gasteiger partial charge >= 0.3 is 0 Å². The minimum Gasteiger partial charge on any atom is -0.479 e. The van der Waals surface area contributed by atoms with Crippen LogP contribution in [0.2, 0.25) is 0 Å². The van der Waals surface area contributed by atoms with Gasteiger partial charge in [0, 0.05) is 11.7 Å². The van der Waals surface area contributed by atoms with Crippen molar-refractivity contribution >= 4 is 5.69 Å². The molecule has 0 heterocycles. The highest BCUT2D eigenvalue weighted by atomic mass is 16.5. The number of hydrogen-bond acceptors (Lipinski definition) is 3. The third-order valence-electron chi connectivity index (χ3n) is 2.90. The van der Waals surface area contributed by atoms with Gasteiger partial charge in [0.1, 0.15) is 11.8 Å². The third kappa shape index (κ3) is 2.66. The van der Waals surface area contributed by atoms with E-state index in [9.17, 15) is 0 Å². The molecule has 0 radical (unpaired) electrons. The number of nitrogens with zero attached hydrogens (tertiary/aromatic N) is 1. The second-order valence-corrected chi connectivity index (χ2v) is 4.39. The van der Waals surface area contributed by atoms with Crippen LogP contribution in [0.1, 0.15) is 19.8 Å². The Morgan fingerprint density at radius 3 is 2.62 bits per heavy atom. The molecule has 0 amide bonds. The van der Waals surface area contributed by atoms with Crippen LogP contribution in [-0.4, -0.2) is 12.6 Å². The first-order chi connectivity index (χ1) is 7.78. The van der Waals surface area contributed by atoms with Crippen molar-refractivity contribution in [1.82, 2.24) is 0 Å². The third-order valence-corrected chi connectivity index (χ3v) is 2.90. The summed E-state index contributed by atoms with van der Waals surface area (Å²) in [5.41, 5.74) is 1.13. The van der Waals surface area contributed by atoms with E-state index >= 15 is 0 Å². The Kier molecular flexibility index (Phi) is 3.31. The van der Waals surface area contributed by atoms with Gasteiger partial charge in [-0.1, -0.05) is 6.92 Å². The molecule has 3 heteroatoms. The standard InChI is InChI=1S/C13H16N2O/c1-10-8-12(9-10)15-11-2-4-13(5-3-11)16-7-6-14/h2-5,10,12,15H,7-9H2,1H3. The van der Waals surface area contributed by atoms with E-state index < -0.39 is 0 Å². The molecule has 2 rings (SSSR count). The summed E-state index contributed by atoms with van der Waals surface area (Å²) < 4.78 is 5.18. The molecule has 84 valence electrons. The van der Waals surface area contributed by atoms with Crippen LogP contribution in [0.5, 0.6) is 5.75 Å². The second kappa shape index (κ2) is 4.89. The molecule has 1 N–H and O–H groups in total. The molecule has 0 saturated heterocycles. The van der Waals surface area contributed by atoms with Crippen molar-refractivity contribution in [3.8, 4) is 11.8 Å². The van der Waals surface area contributed by atoms with Crippen LogP contribution in [0.15, 0.2) is 24.3 Å². The highest BCUT2D eigenvalue weighted by Crippen LogP contribution is 2.29. The Hall–Kier alpha value is -1.69. The highest BCUT2D eigenvalue weighted by Gasteiger charge is 2.24. The average molecular weight is 216 g/mol. The predicted octanol–water partition coefficient (Wildman–Crippen LogP) is 2.80. The first-order valence-electron chi connectivity index (χ1n) is 5.64. The van der Waals surface area contributed by atoms with Gasteiger partial charge in [0.05, 0.1) is 0 Å². The van der Waals surface area contributed by atoms with Crippen molar-refractivity contribution in [1.29, 1.82) is 5.26 Å². The van der Waals surface area contributed by atoms with Gasteiger partial charge in [-0.15, -0.1) is 0 Å². The van der Waals surface area contributed by atoms with Crippen molar-refractivity contribution in [2.45, 2.75) is 25.8 Å². The smallest absolute Gasteiger partial charge is 0.174 e. The van der Waals surface area contributed by atoms with Crippen LogP contribution in [-0.2, 0) is 0 Å². The zero-order chi connectivity index (χ0) is 11.4. The summed E-state index contributed by atoms with van der Waals surface area (Å²) >= 11 is 0. The average Bonchev–Trinajstić information content (AvgIpc) is 2.26. The first kappa shape index (κ1) is 10.8. The van der Waals surface area contributed by atoms with Crippen LogP contribution < -0.4 is 10.1 Å². The van der Waals surface area contributed by atoms with E-state index in [1.165, 1.54) is 12.8 Å². The summed E-state index contributed by atoms with van der Waals surface area (Å²) in [6, 6.07) is 10.3. The summed E-state index contributed by atoms with van der Waals surface area (Å²) in [5, 5.41) is 11.8. The monoisotopic (exact) mass is 216 g/mol. The Morgan fingerprint density at radius 1 is 1.38 bits per heavy atom. The molecule has 1 aromatic carbocycles. The maximum atomic E-state index is 8.38. The summed E-state index contributed by atoms with van der Waals surface area (Å²) in [4.78, 5) is 0. The van der Waals surface area contributed by atoms with Crippen LogP contribution in [0.4, 0.5) is 5.69 Å².